The highest BCUT2D eigenvalue weighted by Crippen LogP contribution is 2.23. The van der Waals surface area contributed by atoms with E-state index < -0.39 is 0 Å². The average Bonchev–Trinajstić information content (AvgIpc) is 2.20. The zero-order valence-electron chi connectivity index (χ0n) is 8.94. The maximum Gasteiger partial charge on any atom is 0.224 e. The number of aryl methyl sites for hydroxylation is 2. The molecule has 16 heavy (non-hydrogen) atoms. The van der Waals surface area contributed by atoms with E-state index in [-0.39, 0.29) is 0 Å². The number of aromatic nitrogens is 3. The Morgan fingerprint density at radius 1 is 1.25 bits per heavy atom. The van der Waals surface area contributed by atoms with Crippen molar-refractivity contribution in [3.63, 3.8) is 0 Å². The average molecular weight is 236 g/mol. The summed E-state index contributed by atoms with van der Waals surface area (Å²) in [4.78, 5) is 12.2. The minimum atomic E-state index is 0.365. The molecule has 0 fully saturated rings. The van der Waals surface area contributed by atoms with Gasteiger partial charge in [0.15, 0.2) is 5.75 Å². The Morgan fingerprint density at radius 3 is 2.75 bits per heavy atom. The first-order valence-electron chi connectivity index (χ1n) is 4.76. The minimum absolute atomic E-state index is 0.365. The van der Waals surface area contributed by atoms with Gasteiger partial charge < -0.3 is 4.74 Å². The van der Waals surface area contributed by atoms with E-state index in [9.17, 15) is 0 Å². The lowest BCUT2D eigenvalue weighted by molar-refractivity contribution is 0.453. The number of rotatable bonds is 2. The molecule has 0 amide bonds. The summed E-state index contributed by atoms with van der Waals surface area (Å²) in [5.41, 5.74) is 0.801. The van der Waals surface area contributed by atoms with Gasteiger partial charge in [-0.05, 0) is 26.0 Å². The summed E-state index contributed by atoms with van der Waals surface area (Å²) in [5.74, 6) is 1.66. The molecular formula is C11H10ClN3O. The molecule has 2 heterocycles. The maximum absolute atomic E-state index is 5.81. The van der Waals surface area contributed by atoms with Crippen LogP contribution in [0.4, 0.5) is 0 Å². The maximum atomic E-state index is 5.81. The molecule has 0 saturated carbocycles. The van der Waals surface area contributed by atoms with Crippen molar-refractivity contribution in [2.45, 2.75) is 13.8 Å². The molecule has 0 saturated heterocycles. The molecule has 2 aromatic heterocycles. The molecule has 0 aliphatic carbocycles. The van der Waals surface area contributed by atoms with E-state index >= 15 is 0 Å². The summed E-state index contributed by atoms with van der Waals surface area (Å²) in [6.45, 7) is 3.62. The highest BCUT2D eigenvalue weighted by Gasteiger charge is 2.05. The van der Waals surface area contributed by atoms with Crippen LogP contribution >= 0.6 is 11.6 Å². The molecule has 82 valence electrons. The molecule has 0 aromatic carbocycles. The fourth-order valence-electron chi connectivity index (χ4n) is 1.25. The van der Waals surface area contributed by atoms with Crippen LogP contribution in [0, 0.1) is 13.8 Å². The van der Waals surface area contributed by atoms with E-state index in [0.717, 1.165) is 5.69 Å². The van der Waals surface area contributed by atoms with Crippen molar-refractivity contribution >= 4 is 11.6 Å². The highest BCUT2D eigenvalue weighted by atomic mass is 35.5. The van der Waals surface area contributed by atoms with Gasteiger partial charge in [0.05, 0.1) is 5.69 Å². The zero-order valence-corrected chi connectivity index (χ0v) is 9.69. The quantitative estimate of drug-likeness (QED) is 0.751. The van der Waals surface area contributed by atoms with Gasteiger partial charge in [0.25, 0.3) is 0 Å². The minimum Gasteiger partial charge on any atom is -0.437 e. The lowest BCUT2D eigenvalue weighted by atomic mass is 10.3. The summed E-state index contributed by atoms with van der Waals surface area (Å²) in [6.07, 6.45) is 1.71. The van der Waals surface area contributed by atoms with E-state index in [1.54, 1.807) is 25.3 Å². The molecule has 0 bridgehead atoms. The van der Waals surface area contributed by atoms with Gasteiger partial charge >= 0.3 is 0 Å². The SMILES string of the molecule is Cc1nc(Cl)cc(Oc2cccnc2C)n1. The number of hydrogen-bond donors (Lipinski definition) is 0. The smallest absolute Gasteiger partial charge is 0.224 e. The second kappa shape index (κ2) is 4.45. The van der Waals surface area contributed by atoms with Crippen LogP contribution in [0.5, 0.6) is 11.6 Å². The first-order valence-corrected chi connectivity index (χ1v) is 5.13. The number of pyridine rings is 1. The van der Waals surface area contributed by atoms with E-state index in [1.165, 1.54) is 0 Å². The third-order valence-electron chi connectivity index (χ3n) is 1.96. The molecule has 2 aromatic rings. The predicted octanol–water partition coefficient (Wildman–Crippen LogP) is 2.93. The van der Waals surface area contributed by atoms with Crippen LogP contribution in [0.25, 0.3) is 0 Å². The first-order chi connectivity index (χ1) is 7.65. The summed E-state index contributed by atoms with van der Waals surface area (Å²) < 4.78 is 5.57. The third kappa shape index (κ3) is 2.46. The van der Waals surface area contributed by atoms with E-state index in [0.29, 0.717) is 22.6 Å². The van der Waals surface area contributed by atoms with Crippen molar-refractivity contribution in [2.24, 2.45) is 0 Å². The van der Waals surface area contributed by atoms with E-state index in [2.05, 4.69) is 15.0 Å². The molecule has 0 spiro atoms. The van der Waals surface area contributed by atoms with Gasteiger partial charge in [-0.2, -0.15) is 4.98 Å². The Kier molecular flexibility index (Phi) is 3.01. The van der Waals surface area contributed by atoms with E-state index in [1.807, 2.05) is 13.0 Å². The van der Waals surface area contributed by atoms with Gasteiger partial charge in [-0.15, -0.1) is 0 Å². The van der Waals surface area contributed by atoms with Crippen LogP contribution in [0.2, 0.25) is 5.15 Å². The van der Waals surface area contributed by atoms with Crippen molar-refractivity contribution < 1.29 is 4.74 Å². The third-order valence-corrected chi connectivity index (χ3v) is 2.15. The fraction of sp³-hybridized carbons (Fsp3) is 0.182. The van der Waals surface area contributed by atoms with Crippen LogP contribution in [-0.2, 0) is 0 Å². The number of ether oxygens (including phenoxy) is 1. The molecule has 0 aliphatic rings. The standard InChI is InChI=1S/C11H10ClN3O/c1-7-9(4-3-5-13-7)16-11-6-10(12)14-8(2)15-11/h3-6H,1-2H3. The van der Waals surface area contributed by atoms with Gasteiger partial charge in [0.2, 0.25) is 5.88 Å². The number of hydrogen-bond acceptors (Lipinski definition) is 4. The lowest BCUT2D eigenvalue weighted by Crippen LogP contribution is -1.95. The largest absolute Gasteiger partial charge is 0.437 e. The van der Waals surface area contributed by atoms with Crippen molar-refractivity contribution in [2.75, 3.05) is 0 Å². The van der Waals surface area contributed by atoms with Crippen molar-refractivity contribution in [3.8, 4) is 11.6 Å². The monoisotopic (exact) mass is 235 g/mol. The van der Waals surface area contributed by atoms with Gasteiger partial charge in [0, 0.05) is 12.3 Å². The Labute approximate surface area is 98.3 Å². The molecule has 0 unspecified atom stereocenters. The van der Waals surface area contributed by atoms with Crippen LogP contribution in [-0.4, -0.2) is 15.0 Å². The van der Waals surface area contributed by atoms with Crippen LogP contribution in [0.3, 0.4) is 0 Å². The lowest BCUT2D eigenvalue weighted by Gasteiger charge is -2.07. The Bertz CT molecular complexity index is 496. The molecule has 0 N–H and O–H groups in total. The zero-order chi connectivity index (χ0) is 11.5. The van der Waals surface area contributed by atoms with Crippen LogP contribution in [0.1, 0.15) is 11.5 Å². The Balaban J connectivity index is 2.30. The molecule has 4 nitrogen and oxygen atoms in total. The van der Waals surface area contributed by atoms with Crippen molar-refractivity contribution in [1.29, 1.82) is 0 Å². The van der Waals surface area contributed by atoms with Gasteiger partial charge in [-0.25, -0.2) is 4.98 Å². The van der Waals surface area contributed by atoms with Crippen LogP contribution in [0.15, 0.2) is 24.4 Å². The summed E-state index contributed by atoms with van der Waals surface area (Å²) in [7, 11) is 0. The van der Waals surface area contributed by atoms with E-state index in [4.69, 9.17) is 16.3 Å². The molecule has 5 heteroatoms. The molecular weight excluding hydrogens is 226 g/mol. The van der Waals surface area contributed by atoms with Crippen molar-refractivity contribution in [3.05, 3.63) is 41.1 Å². The fourth-order valence-corrected chi connectivity index (χ4v) is 1.46. The Hall–Kier alpha value is -1.68. The molecule has 0 radical (unpaired) electrons. The topological polar surface area (TPSA) is 47.9 Å². The second-order valence-corrected chi connectivity index (χ2v) is 3.65. The normalized spacial score (nSPS) is 10.2. The molecule has 2 rings (SSSR count). The number of nitrogens with zero attached hydrogens (tertiary/aromatic N) is 3. The van der Waals surface area contributed by atoms with Gasteiger partial charge in [0.1, 0.15) is 11.0 Å². The predicted molar refractivity (Wildman–Crippen MR) is 60.8 cm³/mol. The summed E-state index contributed by atoms with van der Waals surface area (Å²) >= 11 is 5.81. The van der Waals surface area contributed by atoms with Gasteiger partial charge in [-0.1, -0.05) is 11.6 Å². The highest BCUT2D eigenvalue weighted by molar-refractivity contribution is 6.29. The Morgan fingerprint density at radius 2 is 2.06 bits per heavy atom. The summed E-state index contributed by atoms with van der Waals surface area (Å²) in [5, 5.41) is 0.365. The van der Waals surface area contributed by atoms with Crippen LogP contribution < -0.4 is 4.74 Å². The second-order valence-electron chi connectivity index (χ2n) is 3.27. The van der Waals surface area contributed by atoms with Crippen molar-refractivity contribution in [1.82, 2.24) is 15.0 Å². The molecule has 0 aliphatic heterocycles. The molecule has 0 atom stereocenters. The summed E-state index contributed by atoms with van der Waals surface area (Å²) in [6, 6.07) is 5.20. The van der Waals surface area contributed by atoms with Gasteiger partial charge in [-0.3, -0.25) is 4.98 Å². The first kappa shape index (κ1) is 10.8. The number of halogens is 1.